The standard InChI is InChI=1S/C12H18FN3O2/c1-4-14-11-10(13)9(5-6-15-11)12(18)16(3)8(2)7-17/h5-6,8,17H,4,7H2,1-3H3,(H,14,15). The molecule has 0 saturated heterocycles. The Balaban J connectivity index is 3.02. The summed E-state index contributed by atoms with van der Waals surface area (Å²) in [6, 6.07) is 0.965. The van der Waals surface area contributed by atoms with Gasteiger partial charge in [0.2, 0.25) is 0 Å². The van der Waals surface area contributed by atoms with Gasteiger partial charge in [-0.05, 0) is 19.9 Å². The lowest BCUT2D eigenvalue weighted by atomic mass is 10.2. The predicted octanol–water partition coefficient (Wildman–Crippen LogP) is 1.11. The van der Waals surface area contributed by atoms with E-state index >= 15 is 0 Å². The van der Waals surface area contributed by atoms with Crippen molar-refractivity contribution >= 4 is 11.7 Å². The largest absolute Gasteiger partial charge is 0.394 e. The van der Waals surface area contributed by atoms with Crippen molar-refractivity contribution in [1.82, 2.24) is 9.88 Å². The first kappa shape index (κ1) is 14.4. The van der Waals surface area contributed by atoms with Crippen LogP contribution in [0.15, 0.2) is 12.3 Å². The van der Waals surface area contributed by atoms with Gasteiger partial charge in [-0.2, -0.15) is 0 Å². The Morgan fingerprint density at radius 2 is 2.33 bits per heavy atom. The molecule has 100 valence electrons. The van der Waals surface area contributed by atoms with E-state index in [0.29, 0.717) is 6.54 Å². The van der Waals surface area contributed by atoms with Crippen molar-refractivity contribution in [2.75, 3.05) is 25.5 Å². The SMILES string of the molecule is CCNc1nccc(C(=O)N(C)C(C)CO)c1F. The molecule has 1 rings (SSSR count). The van der Waals surface area contributed by atoms with Gasteiger partial charge in [0.25, 0.3) is 5.91 Å². The number of aliphatic hydroxyl groups is 1. The fraction of sp³-hybridized carbons (Fsp3) is 0.500. The van der Waals surface area contributed by atoms with E-state index in [2.05, 4.69) is 10.3 Å². The predicted molar refractivity (Wildman–Crippen MR) is 67.0 cm³/mol. The molecule has 1 unspecified atom stereocenters. The van der Waals surface area contributed by atoms with Gasteiger partial charge in [-0.15, -0.1) is 0 Å². The highest BCUT2D eigenvalue weighted by Gasteiger charge is 2.21. The molecule has 18 heavy (non-hydrogen) atoms. The molecule has 2 N–H and O–H groups in total. The lowest BCUT2D eigenvalue weighted by Crippen LogP contribution is -2.37. The molecule has 0 saturated carbocycles. The molecule has 0 radical (unpaired) electrons. The van der Waals surface area contributed by atoms with Gasteiger partial charge in [0, 0.05) is 19.8 Å². The summed E-state index contributed by atoms with van der Waals surface area (Å²) in [6.07, 6.45) is 1.38. The minimum absolute atomic E-state index is 0.0521. The molecule has 5 nitrogen and oxygen atoms in total. The maximum Gasteiger partial charge on any atom is 0.257 e. The van der Waals surface area contributed by atoms with Crippen LogP contribution in [-0.2, 0) is 0 Å². The molecular formula is C12H18FN3O2. The highest BCUT2D eigenvalue weighted by atomic mass is 19.1. The average Bonchev–Trinajstić information content (AvgIpc) is 2.39. The van der Waals surface area contributed by atoms with Crippen LogP contribution in [0.2, 0.25) is 0 Å². The number of pyridine rings is 1. The van der Waals surface area contributed by atoms with Crippen LogP contribution < -0.4 is 5.32 Å². The monoisotopic (exact) mass is 255 g/mol. The summed E-state index contributed by atoms with van der Waals surface area (Å²) >= 11 is 0. The molecule has 0 bridgehead atoms. The number of nitrogens with zero attached hydrogens (tertiary/aromatic N) is 2. The zero-order chi connectivity index (χ0) is 13.7. The Hall–Kier alpha value is -1.69. The first-order valence-electron chi connectivity index (χ1n) is 5.79. The summed E-state index contributed by atoms with van der Waals surface area (Å²) in [5.74, 6) is -1.08. The number of amides is 1. The number of likely N-dealkylation sites (N-methyl/N-ethyl adjacent to an activating group) is 1. The van der Waals surface area contributed by atoms with Crippen molar-refractivity contribution in [1.29, 1.82) is 0 Å². The van der Waals surface area contributed by atoms with Gasteiger partial charge in [-0.1, -0.05) is 0 Å². The lowest BCUT2D eigenvalue weighted by molar-refractivity contribution is 0.0677. The van der Waals surface area contributed by atoms with Crippen LogP contribution in [0.5, 0.6) is 0 Å². The van der Waals surface area contributed by atoms with E-state index in [0.717, 1.165) is 0 Å². The van der Waals surface area contributed by atoms with E-state index in [1.54, 1.807) is 6.92 Å². The average molecular weight is 255 g/mol. The van der Waals surface area contributed by atoms with Crippen molar-refractivity contribution in [2.24, 2.45) is 0 Å². The zero-order valence-electron chi connectivity index (χ0n) is 10.8. The van der Waals surface area contributed by atoms with Crippen molar-refractivity contribution in [3.05, 3.63) is 23.6 Å². The van der Waals surface area contributed by atoms with E-state index < -0.39 is 11.7 Å². The fourth-order valence-electron chi connectivity index (χ4n) is 1.41. The van der Waals surface area contributed by atoms with Crippen molar-refractivity contribution in [3.8, 4) is 0 Å². The summed E-state index contributed by atoms with van der Waals surface area (Å²) in [7, 11) is 1.52. The van der Waals surface area contributed by atoms with E-state index in [1.165, 1.54) is 24.2 Å². The molecule has 6 heteroatoms. The minimum Gasteiger partial charge on any atom is -0.394 e. The number of nitrogens with one attached hydrogen (secondary N) is 1. The molecule has 1 amide bonds. The summed E-state index contributed by atoms with van der Waals surface area (Å²) in [5.41, 5.74) is -0.0521. The van der Waals surface area contributed by atoms with Gasteiger partial charge in [0.15, 0.2) is 11.6 Å². The number of rotatable bonds is 5. The van der Waals surface area contributed by atoms with Crippen LogP contribution in [0.1, 0.15) is 24.2 Å². The molecule has 0 aliphatic heterocycles. The molecule has 1 aromatic heterocycles. The van der Waals surface area contributed by atoms with Gasteiger partial charge in [-0.3, -0.25) is 4.79 Å². The number of hydrogen-bond donors (Lipinski definition) is 2. The van der Waals surface area contributed by atoms with Crippen molar-refractivity contribution in [3.63, 3.8) is 0 Å². The molecule has 0 aliphatic rings. The van der Waals surface area contributed by atoms with Gasteiger partial charge in [-0.25, -0.2) is 9.37 Å². The quantitative estimate of drug-likeness (QED) is 0.827. The van der Waals surface area contributed by atoms with Gasteiger partial charge >= 0.3 is 0 Å². The first-order chi connectivity index (χ1) is 8.52. The summed E-state index contributed by atoms with van der Waals surface area (Å²) in [5, 5.41) is 11.7. The van der Waals surface area contributed by atoms with Crippen LogP contribution in [-0.4, -0.2) is 47.1 Å². The van der Waals surface area contributed by atoms with Crippen LogP contribution in [0.3, 0.4) is 0 Å². The third-order valence-corrected chi connectivity index (χ3v) is 2.71. The van der Waals surface area contributed by atoms with E-state index in [9.17, 15) is 9.18 Å². The second-order valence-electron chi connectivity index (χ2n) is 4.00. The number of anilines is 1. The first-order valence-corrected chi connectivity index (χ1v) is 5.79. The maximum absolute atomic E-state index is 14.0. The smallest absolute Gasteiger partial charge is 0.257 e. The number of carbonyl (C=O) groups excluding carboxylic acids is 1. The minimum atomic E-state index is -0.665. The van der Waals surface area contributed by atoms with Gasteiger partial charge in [0.05, 0.1) is 18.2 Å². The number of aromatic nitrogens is 1. The van der Waals surface area contributed by atoms with Crippen LogP contribution in [0, 0.1) is 5.82 Å². The number of aliphatic hydroxyl groups excluding tert-OH is 1. The van der Waals surface area contributed by atoms with Crippen LogP contribution in [0.25, 0.3) is 0 Å². The summed E-state index contributed by atoms with van der Waals surface area (Å²) in [6.45, 7) is 3.84. The highest BCUT2D eigenvalue weighted by Crippen LogP contribution is 2.17. The van der Waals surface area contributed by atoms with Crippen molar-refractivity contribution < 1.29 is 14.3 Å². The van der Waals surface area contributed by atoms with E-state index in [-0.39, 0.29) is 24.0 Å². The van der Waals surface area contributed by atoms with Crippen LogP contribution in [0.4, 0.5) is 10.2 Å². The molecule has 1 atom stereocenters. The van der Waals surface area contributed by atoms with Gasteiger partial charge < -0.3 is 15.3 Å². The van der Waals surface area contributed by atoms with E-state index in [1.807, 2.05) is 6.92 Å². The Kier molecular flexibility index (Phi) is 5.03. The molecule has 0 fully saturated rings. The second-order valence-corrected chi connectivity index (χ2v) is 4.00. The van der Waals surface area contributed by atoms with Crippen molar-refractivity contribution in [2.45, 2.75) is 19.9 Å². The molecule has 1 heterocycles. The molecular weight excluding hydrogens is 237 g/mol. The lowest BCUT2D eigenvalue weighted by Gasteiger charge is -2.23. The highest BCUT2D eigenvalue weighted by molar-refractivity contribution is 5.95. The third-order valence-electron chi connectivity index (χ3n) is 2.71. The third kappa shape index (κ3) is 2.95. The molecule has 0 aliphatic carbocycles. The number of carbonyl (C=O) groups is 1. The maximum atomic E-state index is 14.0. The van der Waals surface area contributed by atoms with Crippen LogP contribution >= 0.6 is 0 Å². The molecule has 0 aromatic carbocycles. The second kappa shape index (κ2) is 6.30. The normalized spacial score (nSPS) is 12.1. The molecule has 0 spiro atoms. The summed E-state index contributed by atoms with van der Waals surface area (Å²) < 4.78 is 14.0. The number of hydrogen-bond acceptors (Lipinski definition) is 4. The summed E-state index contributed by atoms with van der Waals surface area (Å²) in [4.78, 5) is 17.2. The Bertz CT molecular complexity index is 426. The van der Waals surface area contributed by atoms with Gasteiger partial charge in [0.1, 0.15) is 0 Å². The number of halogens is 1. The fourth-order valence-corrected chi connectivity index (χ4v) is 1.41. The Labute approximate surface area is 106 Å². The topological polar surface area (TPSA) is 65.5 Å². The Morgan fingerprint density at radius 1 is 1.67 bits per heavy atom. The van der Waals surface area contributed by atoms with E-state index in [4.69, 9.17) is 5.11 Å². The molecule has 1 aromatic rings. The zero-order valence-corrected chi connectivity index (χ0v) is 10.8. The Morgan fingerprint density at radius 3 is 2.89 bits per heavy atom.